The van der Waals surface area contributed by atoms with E-state index in [1.807, 2.05) is 6.26 Å². The summed E-state index contributed by atoms with van der Waals surface area (Å²) in [5.41, 5.74) is 0. The van der Waals surface area contributed by atoms with Crippen molar-refractivity contribution >= 4 is 56.4 Å². The van der Waals surface area contributed by atoms with Crippen molar-refractivity contribution in [3.63, 3.8) is 0 Å². The van der Waals surface area contributed by atoms with Gasteiger partial charge < -0.3 is 0 Å². The van der Waals surface area contributed by atoms with Gasteiger partial charge in [0.05, 0.1) is 5.25 Å². The highest BCUT2D eigenvalue weighted by Crippen LogP contribution is 2.30. The molecule has 1 atom stereocenters. The Labute approximate surface area is 103 Å². The Kier molecular flexibility index (Phi) is 7.16. The van der Waals surface area contributed by atoms with Crippen LogP contribution in [0.25, 0.3) is 0 Å². The molecule has 0 radical (unpaired) electrons. The van der Waals surface area contributed by atoms with Crippen molar-refractivity contribution in [2.75, 3.05) is 6.26 Å². The SMILES string of the molecule is CSS[C@H](C#CC(Cl)(Cl)Cl)C(C)C. The summed E-state index contributed by atoms with van der Waals surface area (Å²) < 4.78 is -1.45. The summed E-state index contributed by atoms with van der Waals surface area (Å²) in [6, 6.07) is 0. The van der Waals surface area contributed by atoms with Gasteiger partial charge in [0.25, 0.3) is 3.79 Å². The second-order valence-electron chi connectivity index (χ2n) is 2.69. The predicted octanol–water partition coefficient (Wildman–Crippen LogP) is 4.40. The minimum atomic E-state index is -1.45. The van der Waals surface area contributed by atoms with E-state index in [1.54, 1.807) is 21.6 Å². The third kappa shape index (κ3) is 8.15. The monoisotopic (exact) mass is 276 g/mol. The average Bonchev–Trinajstić information content (AvgIpc) is 1.95. The summed E-state index contributed by atoms with van der Waals surface area (Å²) in [6.45, 7) is 4.20. The number of halogens is 3. The van der Waals surface area contributed by atoms with Gasteiger partial charge in [-0.3, -0.25) is 0 Å². The molecule has 0 rings (SSSR count). The van der Waals surface area contributed by atoms with Crippen molar-refractivity contribution in [3.05, 3.63) is 0 Å². The second-order valence-corrected chi connectivity index (χ2v) is 7.59. The van der Waals surface area contributed by atoms with Crippen molar-refractivity contribution in [2.45, 2.75) is 22.9 Å². The van der Waals surface area contributed by atoms with Gasteiger partial charge in [-0.05, 0) is 18.1 Å². The van der Waals surface area contributed by atoms with Crippen LogP contribution >= 0.6 is 56.4 Å². The molecule has 0 heterocycles. The number of hydrogen-bond acceptors (Lipinski definition) is 2. The van der Waals surface area contributed by atoms with Crippen molar-refractivity contribution in [3.8, 4) is 11.8 Å². The van der Waals surface area contributed by atoms with Crippen molar-refractivity contribution in [2.24, 2.45) is 5.92 Å². The zero-order valence-electron chi connectivity index (χ0n) is 7.61. The fraction of sp³-hybridized carbons (Fsp3) is 0.750. The first kappa shape index (κ1) is 14.1. The van der Waals surface area contributed by atoms with E-state index in [4.69, 9.17) is 34.8 Å². The van der Waals surface area contributed by atoms with Crippen LogP contribution in [0.4, 0.5) is 0 Å². The average molecular weight is 278 g/mol. The minimum absolute atomic E-state index is 0.214. The summed E-state index contributed by atoms with van der Waals surface area (Å²) in [6.07, 6.45) is 2.01. The van der Waals surface area contributed by atoms with Gasteiger partial charge in [0, 0.05) is 0 Å². The molecule has 0 aliphatic heterocycles. The molecular formula is C8H11Cl3S2. The highest BCUT2D eigenvalue weighted by Gasteiger charge is 2.16. The lowest BCUT2D eigenvalue weighted by molar-refractivity contribution is 0.692. The fourth-order valence-corrected chi connectivity index (χ4v) is 2.69. The van der Waals surface area contributed by atoms with Gasteiger partial charge in [-0.1, -0.05) is 76.2 Å². The van der Waals surface area contributed by atoms with Crippen LogP contribution in [0.1, 0.15) is 13.8 Å². The molecule has 0 saturated heterocycles. The lowest BCUT2D eigenvalue weighted by Crippen LogP contribution is -2.08. The molecule has 0 aliphatic carbocycles. The van der Waals surface area contributed by atoms with E-state index in [9.17, 15) is 0 Å². The van der Waals surface area contributed by atoms with E-state index in [1.165, 1.54) is 0 Å². The zero-order valence-corrected chi connectivity index (χ0v) is 11.5. The molecule has 0 aromatic carbocycles. The third-order valence-electron chi connectivity index (χ3n) is 1.16. The van der Waals surface area contributed by atoms with E-state index >= 15 is 0 Å². The normalized spacial score (nSPS) is 13.8. The van der Waals surface area contributed by atoms with Crippen LogP contribution in [0.15, 0.2) is 0 Å². The molecule has 13 heavy (non-hydrogen) atoms. The predicted molar refractivity (Wildman–Crippen MR) is 67.8 cm³/mol. The van der Waals surface area contributed by atoms with Crippen molar-refractivity contribution in [1.29, 1.82) is 0 Å². The van der Waals surface area contributed by atoms with E-state index in [0.717, 1.165) is 0 Å². The number of hydrogen-bond donors (Lipinski definition) is 0. The molecule has 0 N–H and O–H groups in total. The highest BCUT2D eigenvalue weighted by molar-refractivity contribution is 8.76. The Morgan fingerprint density at radius 2 is 1.77 bits per heavy atom. The van der Waals surface area contributed by atoms with Crippen LogP contribution in [0.5, 0.6) is 0 Å². The number of alkyl halides is 3. The third-order valence-corrected chi connectivity index (χ3v) is 3.71. The van der Waals surface area contributed by atoms with Crippen LogP contribution in [-0.4, -0.2) is 15.3 Å². The Hall–Kier alpha value is 1.13. The van der Waals surface area contributed by atoms with Gasteiger partial charge >= 0.3 is 0 Å². The van der Waals surface area contributed by atoms with Crippen molar-refractivity contribution in [1.82, 2.24) is 0 Å². The number of rotatable bonds is 3. The smallest absolute Gasteiger partial charge is 0.0963 e. The lowest BCUT2D eigenvalue weighted by Gasteiger charge is -2.12. The molecule has 76 valence electrons. The van der Waals surface area contributed by atoms with Gasteiger partial charge in [0.2, 0.25) is 0 Å². The van der Waals surface area contributed by atoms with Gasteiger partial charge in [0.1, 0.15) is 0 Å². The molecule has 0 spiro atoms. The minimum Gasteiger partial charge on any atom is -0.0963 e. The molecule has 0 fully saturated rings. The van der Waals surface area contributed by atoms with Gasteiger partial charge in [-0.15, -0.1) is 0 Å². The molecule has 0 amide bonds. The van der Waals surface area contributed by atoms with E-state index in [-0.39, 0.29) is 5.25 Å². The molecule has 0 aromatic rings. The largest absolute Gasteiger partial charge is 0.252 e. The van der Waals surface area contributed by atoms with Crippen LogP contribution in [0, 0.1) is 17.8 Å². The van der Waals surface area contributed by atoms with Gasteiger partial charge in [0.15, 0.2) is 0 Å². The molecule has 5 heteroatoms. The standard InChI is InChI=1S/C8H11Cl3S2/c1-6(2)7(13-12-3)4-5-8(9,10)11/h6-7H,1-3H3/t7-/m1/s1. The van der Waals surface area contributed by atoms with Gasteiger partial charge in [-0.2, -0.15) is 0 Å². The Morgan fingerprint density at radius 3 is 2.08 bits per heavy atom. The van der Waals surface area contributed by atoms with Crippen LogP contribution in [0.3, 0.4) is 0 Å². The van der Waals surface area contributed by atoms with Gasteiger partial charge in [-0.25, -0.2) is 0 Å². The van der Waals surface area contributed by atoms with Crippen LogP contribution in [-0.2, 0) is 0 Å². The van der Waals surface area contributed by atoms with E-state index in [0.29, 0.717) is 5.92 Å². The Balaban J connectivity index is 4.30. The molecular weight excluding hydrogens is 267 g/mol. The summed E-state index contributed by atoms with van der Waals surface area (Å²) in [7, 11) is 3.37. The van der Waals surface area contributed by atoms with Crippen LogP contribution in [0.2, 0.25) is 0 Å². The molecule has 0 bridgehead atoms. The fourth-order valence-electron chi connectivity index (χ4n) is 0.558. The molecule has 0 saturated carbocycles. The topological polar surface area (TPSA) is 0 Å². The molecule has 0 unspecified atom stereocenters. The second kappa shape index (κ2) is 6.58. The first-order chi connectivity index (χ1) is 5.87. The Bertz CT molecular complexity index is 200. The highest BCUT2D eigenvalue weighted by atomic mass is 35.6. The maximum atomic E-state index is 5.52. The first-order valence-electron chi connectivity index (χ1n) is 3.65. The first-order valence-corrected chi connectivity index (χ1v) is 7.41. The lowest BCUT2D eigenvalue weighted by atomic mass is 10.1. The summed E-state index contributed by atoms with van der Waals surface area (Å²) in [5.74, 6) is 6.01. The summed E-state index contributed by atoms with van der Waals surface area (Å²) in [4.78, 5) is 0. The molecule has 0 aliphatic rings. The zero-order chi connectivity index (χ0) is 10.5. The maximum Gasteiger partial charge on any atom is 0.252 e. The van der Waals surface area contributed by atoms with Crippen LogP contribution < -0.4 is 0 Å². The van der Waals surface area contributed by atoms with E-state index in [2.05, 4.69) is 25.7 Å². The molecule has 0 aromatic heterocycles. The Morgan fingerprint density at radius 1 is 1.23 bits per heavy atom. The summed E-state index contributed by atoms with van der Waals surface area (Å²) in [5, 5.41) is 0.214. The molecule has 0 nitrogen and oxygen atoms in total. The van der Waals surface area contributed by atoms with E-state index < -0.39 is 3.79 Å². The quantitative estimate of drug-likeness (QED) is 0.426. The van der Waals surface area contributed by atoms with Crippen molar-refractivity contribution < 1.29 is 0 Å². The summed E-state index contributed by atoms with van der Waals surface area (Å²) >= 11 is 16.6. The maximum absolute atomic E-state index is 5.52.